The minimum Gasteiger partial charge on any atom is -0.455 e. The number of rotatable bonds is 3. The van der Waals surface area contributed by atoms with Gasteiger partial charge in [0.25, 0.3) is 5.91 Å². The van der Waals surface area contributed by atoms with E-state index >= 15 is 0 Å². The minimum atomic E-state index is -0.309. The van der Waals surface area contributed by atoms with Crippen LogP contribution >= 0.6 is 0 Å². The average Bonchev–Trinajstić information content (AvgIpc) is 2.86. The lowest BCUT2D eigenvalue weighted by atomic mass is 10.2. The van der Waals surface area contributed by atoms with Crippen molar-refractivity contribution < 1.29 is 19.1 Å². The van der Waals surface area contributed by atoms with Crippen molar-refractivity contribution >= 4 is 5.91 Å². The fraction of sp³-hybridized carbons (Fsp3) is 0.545. The Morgan fingerprint density at radius 1 is 1.59 bits per heavy atom. The van der Waals surface area contributed by atoms with Crippen LogP contribution in [0, 0.1) is 0 Å². The van der Waals surface area contributed by atoms with Gasteiger partial charge >= 0.3 is 0 Å². The van der Waals surface area contributed by atoms with Crippen LogP contribution in [0.2, 0.25) is 0 Å². The van der Waals surface area contributed by atoms with Crippen molar-refractivity contribution in [2.24, 2.45) is 5.73 Å². The van der Waals surface area contributed by atoms with Gasteiger partial charge in [-0.2, -0.15) is 0 Å². The van der Waals surface area contributed by atoms with Gasteiger partial charge in [-0.25, -0.2) is 0 Å². The molecule has 94 valence electrons. The first-order valence-corrected chi connectivity index (χ1v) is 5.55. The average molecular weight is 240 g/mol. The second-order valence-electron chi connectivity index (χ2n) is 3.90. The lowest BCUT2D eigenvalue weighted by molar-refractivity contribution is -0.0454. The van der Waals surface area contributed by atoms with E-state index < -0.39 is 0 Å². The zero-order valence-corrected chi connectivity index (χ0v) is 9.46. The molecule has 2 rings (SSSR count). The van der Waals surface area contributed by atoms with E-state index in [1.54, 1.807) is 17.0 Å². The first-order valence-electron chi connectivity index (χ1n) is 5.55. The molecule has 0 aliphatic carbocycles. The van der Waals surface area contributed by atoms with Crippen molar-refractivity contribution in [2.75, 3.05) is 26.3 Å². The van der Waals surface area contributed by atoms with Crippen LogP contribution in [0.3, 0.4) is 0 Å². The van der Waals surface area contributed by atoms with Crippen molar-refractivity contribution in [1.29, 1.82) is 0 Å². The molecule has 1 aliphatic rings. The van der Waals surface area contributed by atoms with Crippen LogP contribution in [0.25, 0.3) is 0 Å². The summed E-state index contributed by atoms with van der Waals surface area (Å²) in [4.78, 5) is 13.7. The van der Waals surface area contributed by atoms with Gasteiger partial charge in [0, 0.05) is 13.1 Å². The summed E-state index contributed by atoms with van der Waals surface area (Å²) >= 11 is 0. The number of aliphatic hydroxyl groups is 1. The summed E-state index contributed by atoms with van der Waals surface area (Å²) in [5.41, 5.74) is 5.41. The van der Waals surface area contributed by atoms with Gasteiger partial charge < -0.3 is 24.9 Å². The second-order valence-corrected chi connectivity index (χ2v) is 3.90. The van der Waals surface area contributed by atoms with Crippen LogP contribution in [-0.2, 0) is 11.3 Å². The SMILES string of the molecule is NCc1ccc(C(=O)N2CCOC(CO)C2)o1. The summed E-state index contributed by atoms with van der Waals surface area (Å²) in [6.45, 7) is 1.51. The highest BCUT2D eigenvalue weighted by molar-refractivity contribution is 5.91. The van der Waals surface area contributed by atoms with Gasteiger partial charge in [-0.05, 0) is 12.1 Å². The van der Waals surface area contributed by atoms with E-state index in [1.165, 1.54) is 0 Å². The van der Waals surface area contributed by atoms with Crippen LogP contribution in [0.5, 0.6) is 0 Å². The summed E-state index contributed by atoms with van der Waals surface area (Å²) in [6.07, 6.45) is -0.309. The molecular weight excluding hydrogens is 224 g/mol. The molecule has 3 N–H and O–H groups in total. The Morgan fingerprint density at radius 3 is 3.06 bits per heavy atom. The monoisotopic (exact) mass is 240 g/mol. The number of hydrogen-bond acceptors (Lipinski definition) is 5. The van der Waals surface area contributed by atoms with Gasteiger partial charge in [0.1, 0.15) is 5.76 Å². The molecule has 0 bridgehead atoms. The second kappa shape index (κ2) is 5.31. The summed E-state index contributed by atoms with van der Waals surface area (Å²) in [7, 11) is 0. The van der Waals surface area contributed by atoms with E-state index in [9.17, 15) is 4.79 Å². The molecule has 1 atom stereocenters. The lowest BCUT2D eigenvalue weighted by Gasteiger charge is -2.31. The van der Waals surface area contributed by atoms with Gasteiger partial charge in [0.05, 0.1) is 25.9 Å². The maximum Gasteiger partial charge on any atom is 0.289 e. The number of amides is 1. The number of furan rings is 1. The van der Waals surface area contributed by atoms with Crippen LogP contribution in [-0.4, -0.2) is 48.3 Å². The molecule has 0 radical (unpaired) electrons. The third-order valence-corrected chi connectivity index (χ3v) is 2.70. The molecule has 1 amide bonds. The van der Waals surface area contributed by atoms with E-state index in [-0.39, 0.29) is 30.9 Å². The van der Waals surface area contributed by atoms with Crippen molar-refractivity contribution in [1.82, 2.24) is 4.90 Å². The molecule has 6 heteroatoms. The molecule has 1 aliphatic heterocycles. The van der Waals surface area contributed by atoms with Crippen LogP contribution in [0.15, 0.2) is 16.5 Å². The topological polar surface area (TPSA) is 88.9 Å². The molecule has 0 spiro atoms. The number of hydrogen-bond donors (Lipinski definition) is 2. The zero-order chi connectivity index (χ0) is 12.3. The Kier molecular flexibility index (Phi) is 3.78. The first-order chi connectivity index (χ1) is 8.24. The molecule has 0 aromatic carbocycles. The molecule has 1 fully saturated rings. The highest BCUT2D eigenvalue weighted by Crippen LogP contribution is 2.13. The number of aliphatic hydroxyl groups excluding tert-OH is 1. The molecule has 6 nitrogen and oxygen atoms in total. The Hall–Kier alpha value is -1.37. The standard InChI is InChI=1S/C11H16N2O4/c12-5-8-1-2-10(17-8)11(15)13-3-4-16-9(6-13)7-14/h1-2,9,14H,3-7,12H2. The number of nitrogens with two attached hydrogens (primary N) is 1. The zero-order valence-electron chi connectivity index (χ0n) is 9.46. The van der Waals surface area contributed by atoms with Gasteiger partial charge in [0.15, 0.2) is 5.76 Å². The van der Waals surface area contributed by atoms with E-state index in [0.29, 0.717) is 25.5 Å². The Morgan fingerprint density at radius 2 is 2.41 bits per heavy atom. The predicted octanol–water partition coefficient (Wildman–Crippen LogP) is -0.428. The molecule has 1 unspecified atom stereocenters. The van der Waals surface area contributed by atoms with E-state index in [2.05, 4.69) is 0 Å². The molecule has 2 heterocycles. The van der Waals surface area contributed by atoms with E-state index in [4.69, 9.17) is 20.0 Å². The highest BCUT2D eigenvalue weighted by Gasteiger charge is 2.26. The van der Waals surface area contributed by atoms with Gasteiger partial charge in [-0.1, -0.05) is 0 Å². The minimum absolute atomic E-state index is 0.0873. The first kappa shape index (κ1) is 12.1. The number of ether oxygens (including phenoxy) is 1. The molecular formula is C11H16N2O4. The van der Waals surface area contributed by atoms with Gasteiger partial charge in [-0.15, -0.1) is 0 Å². The van der Waals surface area contributed by atoms with Gasteiger partial charge in [0.2, 0.25) is 0 Å². The third-order valence-electron chi connectivity index (χ3n) is 2.70. The number of morpholine rings is 1. The van der Waals surface area contributed by atoms with Crippen molar-refractivity contribution in [3.8, 4) is 0 Å². The maximum atomic E-state index is 12.0. The lowest BCUT2D eigenvalue weighted by Crippen LogP contribution is -2.46. The Bertz CT molecular complexity index is 391. The normalized spacial score (nSPS) is 20.6. The van der Waals surface area contributed by atoms with Crippen molar-refractivity contribution in [3.63, 3.8) is 0 Å². The summed E-state index contributed by atoms with van der Waals surface area (Å²) in [5, 5.41) is 9.00. The molecule has 0 saturated carbocycles. The summed E-state index contributed by atoms with van der Waals surface area (Å²) in [6, 6.07) is 3.31. The number of nitrogens with zero attached hydrogens (tertiary/aromatic N) is 1. The molecule has 1 aromatic heterocycles. The van der Waals surface area contributed by atoms with Crippen LogP contribution < -0.4 is 5.73 Å². The van der Waals surface area contributed by atoms with Crippen molar-refractivity contribution in [2.45, 2.75) is 12.6 Å². The van der Waals surface area contributed by atoms with Crippen LogP contribution in [0.4, 0.5) is 0 Å². The Balaban J connectivity index is 2.03. The number of carbonyl (C=O) groups excluding carboxylic acids is 1. The fourth-order valence-electron chi connectivity index (χ4n) is 1.77. The molecule has 17 heavy (non-hydrogen) atoms. The largest absolute Gasteiger partial charge is 0.455 e. The summed E-state index contributed by atoms with van der Waals surface area (Å²) < 4.78 is 10.6. The van der Waals surface area contributed by atoms with Crippen molar-refractivity contribution in [3.05, 3.63) is 23.7 Å². The smallest absolute Gasteiger partial charge is 0.289 e. The predicted molar refractivity (Wildman–Crippen MR) is 59.3 cm³/mol. The summed E-state index contributed by atoms with van der Waals surface area (Å²) in [5.74, 6) is 0.677. The maximum absolute atomic E-state index is 12.0. The Labute approximate surface area is 98.9 Å². The quantitative estimate of drug-likeness (QED) is 0.748. The molecule has 1 saturated heterocycles. The van der Waals surface area contributed by atoms with E-state index in [0.717, 1.165) is 0 Å². The highest BCUT2D eigenvalue weighted by atomic mass is 16.5. The third kappa shape index (κ3) is 2.66. The van der Waals surface area contributed by atoms with E-state index in [1.807, 2.05) is 0 Å². The van der Waals surface area contributed by atoms with Crippen LogP contribution in [0.1, 0.15) is 16.3 Å². The number of carbonyl (C=O) groups is 1. The fourth-order valence-corrected chi connectivity index (χ4v) is 1.77. The van der Waals surface area contributed by atoms with Gasteiger partial charge in [-0.3, -0.25) is 4.79 Å². The molecule has 1 aromatic rings.